The highest BCUT2D eigenvalue weighted by molar-refractivity contribution is 6.20. The standard InChI is InChI=1S/C16H22ClN3O/c1-9(2)18-16(21)12(5)20-14-8-10(3)6-7-13(14)19-15(20)11(4)17/h6-9,11-12H,1-5H3,(H,18,21). The molecule has 0 saturated heterocycles. The number of hydrogen-bond donors (Lipinski definition) is 1. The first-order chi connectivity index (χ1) is 9.81. The second-order valence-corrected chi connectivity index (χ2v) is 6.44. The van der Waals surface area contributed by atoms with Crippen LogP contribution in [0, 0.1) is 6.92 Å². The van der Waals surface area contributed by atoms with Crippen molar-refractivity contribution < 1.29 is 4.79 Å². The van der Waals surface area contributed by atoms with Gasteiger partial charge in [-0.05, 0) is 52.3 Å². The van der Waals surface area contributed by atoms with E-state index in [1.54, 1.807) is 0 Å². The van der Waals surface area contributed by atoms with Gasteiger partial charge < -0.3 is 9.88 Å². The molecule has 1 amide bonds. The topological polar surface area (TPSA) is 46.9 Å². The van der Waals surface area contributed by atoms with E-state index in [2.05, 4.69) is 10.3 Å². The van der Waals surface area contributed by atoms with Gasteiger partial charge in [-0.1, -0.05) is 6.07 Å². The third-order valence-corrected chi connectivity index (χ3v) is 3.62. The first-order valence-electron chi connectivity index (χ1n) is 7.24. The molecule has 0 fully saturated rings. The summed E-state index contributed by atoms with van der Waals surface area (Å²) in [5.41, 5.74) is 2.95. The lowest BCUT2D eigenvalue weighted by atomic mass is 10.2. The first kappa shape index (κ1) is 15.8. The third-order valence-electron chi connectivity index (χ3n) is 3.43. The summed E-state index contributed by atoms with van der Waals surface area (Å²) in [6.07, 6.45) is 0. The Morgan fingerprint density at radius 3 is 2.52 bits per heavy atom. The minimum Gasteiger partial charge on any atom is -0.352 e. The first-order valence-corrected chi connectivity index (χ1v) is 7.67. The number of hydrogen-bond acceptors (Lipinski definition) is 2. The van der Waals surface area contributed by atoms with E-state index in [1.165, 1.54) is 0 Å². The van der Waals surface area contributed by atoms with Crippen LogP contribution >= 0.6 is 11.6 Å². The molecule has 2 rings (SSSR count). The molecule has 2 aromatic rings. The molecule has 2 atom stereocenters. The molecule has 0 aliphatic carbocycles. The molecule has 4 nitrogen and oxygen atoms in total. The highest BCUT2D eigenvalue weighted by Crippen LogP contribution is 2.28. The van der Waals surface area contributed by atoms with E-state index < -0.39 is 0 Å². The van der Waals surface area contributed by atoms with Crippen LogP contribution in [0.3, 0.4) is 0 Å². The average molecular weight is 308 g/mol. The van der Waals surface area contributed by atoms with Crippen molar-refractivity contribution in [2.24, 2.45) is 0 Å². The number of benzene rings is 1. The van der Waals surface area contributed by atoms with E-state index in [4.69, 9.17) is 11.6 Å². The smallest absolute Gasteiger partial charge is 0.243 e. The van der Waals surface area contributed by atoms with Gasteiger partial charge in [-0.3, -0.25) is 4.79 Å². The zero-order chi connectivity index (χ0) is 15.7. The second kappa shape index (κ2) is 6.06. The Morgan fingerprint density at radius 1 is 1.29 bits per heavy atom. The Balaban J connectivity index is 2.56. The van der Waals surface area contributed by atoms with Crippen LogP contribution in [0.1, 0.15) is 50.5 Å². The molecular weight excluding hydrogens is 286 g/mol. The summed E-state index contributed by atoms with van der Waals surface area (Å²) in [6.45, 7) is 9.68. The van der Waals surface area contributed by atoms with Gasteiger partial charge in [0.2, 0.25) is 5.91 Å². The van der Waals surface area contributed by atoms with Crippen molar-refractivity contribution in [2.45, 2.75) is 52.1 Å². The number of rotatable bonds is 4. The van der Waals surface area contributed by atoms with Crippen LogP contribution in [-0.4, -0.2) is 21.5 Å². The third kappa shape index (κ3) is 3.21. The zero-order valence-electron chi connectivity index (χ0n) is 13.1. The van der Waals surface area contributed by atoms with Crippen LogP contribution < -0.4 is 5.32 Å². The molecule has 21 heavy (non-hydrogen) atoms. The maximum atomic E-state index is 12.4. The Morgan fingerprint density at radius 2 is 1.95 bits per heavy atom. The van der Waals surface area contributed by atoms with Crippen molar-refractivity contribution in [3.8, 4) is 0 Å². The fourth-order valence-corrected chi connectivity index (χ4v) is 2.59. The molecule has 1 aromatic carbocycles. The van der Waals surface area contributed by atoms with E-state index in [0.29, 0.717) is 0 Å². The summed E-state index contributed by atoms with van der Waals surface area (Å²) in [6, 6.07) is 5.78. The largest absolute Gasteiger partial charge is 0.352 e. The molecular formula is C16H22ClN3O. The molecule has 0 bridgehead atoms. The van der Waals surface area contributed by atoms with Crippen molar-refractivity contribution in [1.82, 2.24) is 14.9 Å². The van der Waals surface area contributed by atoms with Crippen LogP contribution in [0.4, 0.5) is 0 Å². The number of nitrogens with one attached hydrogen (secondary N) is 1. The Labute approximate surface area is 130 Å². The van der Waals surface area contributed by atoms with E-state index in [-0.39, 0.29) is 23.4 Å². The van der Waals surface area contributed by atoms with Gasteiger partial charge in [-0.2, -0.15) is 0 Å². The number of alkyl halides is 1. The van der Waals surface area contributed by atoms with E-state index in [9.17, 15) is 4.79 Å². The maximum absolute atomic E-state index is 12.4. The summed E-state index contributed by atoms with van der Waals surface area (Å²) in [4.78, 5) is 16.9. The van der Waals surface area contributed by atoms with Crippen LogP contribution in [0.2, 0.25) is 0 Å². The number of aryl methyl sites for hydroxylation is 1. The van der Waals surface area contributed by atoms with Crippen molar-refractivity contribution in [1.29, 1.82) is 0 Å². The number of carbonyl (C=O) groups excluding carboxylic acids is 1. The van der Waals surface area contributed by atoms with Gasteiger partial charge in [0.15, 0.2) is 0 Å². The van der Waals surface area contributed by atoms with Crippen molar-refractivity contribution in [2.75, 3.05) is 0 Å². The Hall–Kier alpha value is -1.55. The molecule has 1 heterocycles. The lowest BCUT2D eigenvalue weighted by Crippen LogP contribution is -2.36. The minimum absolute atomic E-state index is 0.0237. The Bertz CT molecular complexity index is 661. The van der Waals surface area contributed by atoms with Crippen molar-refractivity contribution in [3.63, 3.8) is 0 Å². The lowest BCUT2D eigenvalue weighted by molar-refractivity contribution is -0.124. The predicted octanol–water partition coefficient (Wildman–Crippen LogP) is 3.73. The summed E-state index contributed by atoms with van der Waals surface area (Å²) in [5.74, 6) is 0.702. The zero-order valence-corrected chi connectivity index (χ0v) is 13.9. The fourth-order valence-electron chi connectivity index (χ4n) is 2.43. The minimum atomic E-state index is -0.351. The van der Waals surface area contributed by atoms with Gasteiger partial charge in [0.1, 0.15) is 11.9 Å². The van der Waals surface area contributed by atoms with E-state index in [0.717, 1.165) is 22.4 Å². The molecule has 1 N–H and O–H groups in total. The maximum Gasteiger partial charge on any atom is 0.243 e. The number of amides is 1. The highest BCUT2D eigenvalue weighted by atomic mass is 35.5. The molecule has 0 spiro atoms. The molecule has 0 aliphatic rings. The number of nitrogens with zero attached hydrogens (tertiary/aromatic N) is 2. The number of halogens is 1. The fraction of sp³-hybridized carbons (Fsp3) is 0.500. The number of carbonyl (C=O) groups is 1. The van der Waals surface area contributed by atoms with Gasteiger partial charge >= 0.3 is 0 Å². The van der Waals surface area contributed by atoms with E-state index in [1.807, 2.05) is 57.4 Å². The van der Waals surface area contributed by atoms with Gasteiger partial charge in [-0.15, -0.1) is 11.6 Å². The van der Waals surface area contributed by atoms with Crippen LogP contribution in [0.25, 0.3) is 11.0 Å². The normalized spacial score (nSPS) is 14.4. The molecule has 2 unspecified atom stereocenters. The number of imidazole rings is 1. The molecule has 0 saturated carbocycles. The monoisotopic (exact) mass is 307 g/mol. The van der Waals surface area contributed by atoms with Crippen LogP contribution in [0.5, 0.6) is 0 Å². The van der Waals surface area contributed by atoms with Crippen LogP contribution in [-0.2, 0) is 4.79 Å². The average Bonchev–Trinajstić information content (AvgIpc) is 2.75. The van der Waals surface area contributed by atoms with Gasteiger partial charge in [-0.25, -0.2) is 4.98 Å². The van der Waals surface area contributed by atoms with Gasteiger partial charge in [0.05, 0.1) is 16.4 Å². The predicted molar refractivity (Wildman–Crippen MR) is 86.7 cm³/mol. The Kier molecular flexibility index (Phi) is 4.57. The van der Waals surface area contributed by atoms with E-state index >= 15 is 0 Å². The molecule has 0 radical (unpaired) electrons. The summed E-state index contributed by atoms with van der Waals surface area (Å²) in [5, 5.41) is 2.69. The van der Waals surface area contributed by atoms with Gasteiger partial charge in [0.25, 0.3) is 0 Å². The molecule has 1 aromatic heterocycles. The summed E-state index contributed by atoms with van der Waals surface area (Å²) >= 11 is 6.26. The SMILES string of the molecule is Cc1ccc2nc(C(C)Cl)n(C(C)C(=O)NC(C)C)c2c1. The number of aromatic nitrogens is 2. The molecule has 5 heteroatoms. The summed E-state index contributed by atoms with van der Waals surface area (Å²) < 4.78 is 1.94. The lowest BCUT2D eigenvalue weighted by Gasteiger charge is -2.19. The number of fused-ring (bicyclic) bond motifs is 1. The second-order valence-electron chi connectivity index (χ2n) is 5.79. The van der Waals surface area contributed by atoms with Gasteiger partial charge in [0, 0.05) is 6.04 Å². The molecule has 114 valence electrons. The quantitative estimate of drug-likeness (QED) is 0.875. The van der Waals surface area contributed by atoms with Crippen molar-refractivity contribution >= 4 is 28.5 Å². The summed E-state index contributed by atoms with van der Waals surface area (Å²) in [7, 11) is 0. The highest BCUT2D eigenvalue weighted by Gasteiger charge is 2.23. The molecule has 0 aliphatic heterocycles. The van der Waals surface area contributed by atoms with Crippen LogP contribution in [0.15, 0.2) is 18.2 Å². The van der Waals surface area contributed by atoms with Crippen molar-refractivity contribution in [3.05, 3.63) is 29.6 Å².